The zero-order valence-electron chi connectivity index (χ0n) is 22.3. The van der Waals surface area contributed by atoms with E-state index in [4.69, 9.17) is 0 Å². The van der Waals surface area contributed by atoms with E-state index < -0.39 is 0 Å². The summed E-state index contributed by atoms with van der Waals surface area (Å²) < 4.78 is 0. The highest BCUT2D eigenvalue weighted by Gasteiger charge is 2.26. The summed E-state index contributed by atoms with van der Waals surface area (Å²) in [5, 5.41) is 2.99. The highest BCUT2D eigenvalue weighted by Crippen LogP contribution is 2.36. The molecule has 0 saturated heterocycles. The SMILES string of the molecule is Cc1ccc(-c2ccccc2C(=O)Nc2ccc(C(=O)N3CCc4nc(C)[nH]c4-c4ccccc43)cc2)cc1.Cl. The topological polar surface area (TPSA) is 78.1 Å². The van der Waals surface area contributed by atoms with Crippen LogP contribution in [0.1, 0.15) is 37.8 Å². The van der Waals surface area contributed by atoms with Gasteiger partial charge < -0.3 is 15.2 Å². The molecule has 0 bridgehead atoms. The first-order valence-electron chi connectivity index (χ1n) is 13.0. The van der Waals surface area contributed by atoms with Crippen LogP contribution in [0.15, 0.2) is 97.1 Å². The molecule has 40 heavy (non-hydrogen) atoms. The Hall–Kier alpha value is -4.68. The average molecular weight is 549 g/mol. The number of benzene rings is 4. The van der Waals surface area contributed by atoms with Gasteiger partial charge in [0.2, 0.25) is 0 Å². The summed E-state index contributed by atoms with van der Waals surface area (Å²) >= 11 is 0. The molecular formula is C33H29ClN4O2. The van der Waals surface area contributed by atoms with Crippen molar-refractivity contribution in [3.8, 4) is 22.4 Å². The monoisotopic (exact) mass is 548 g/mol. The molecule has 1 aromatic heterocycles. The van der Waals surface area contributed by atoms with Gasteiger partial charge in [0.1, 0.15) is 5.82 Å². The summed E-state index contributed by atoms with van der Waals surface area (Å²) in [4.78, 5) is 36.7. The molecule has 0 radical (unpaired) electrons. The number of nitrogens with one attached hydrogen (secondary N) is 2. The number of H-pyrrole nitrogens is 1. The highest BCUT2D eigenvalue weighted by atomic mass is 35.5. The first-order chi connectivity index (χ1) is 19.0. The Morgan fingerprint density at radius 1 is 0.825 bits per heavy atom. The normalized spacial score (nSPS) is 12.0. The van der Waals surface area contributed by atoms with E-state index in [1.807, 2.05) is 91.5 Å². The van der Waals surface area contributed by atoms with Gasteiger partial charge in [0.05, 0.1) is 17.1 Å². The van der Waals surface area contributed by atoms with Gasteiger partial charge in [0.25, 0.3) is 11.8 Å². The molecule has 5 aromatic rings. The van der Waals surface area contributed by atoms with Gasteiger partial charge in [-0.2, -0.15) is 0 Å². The predicted octanol–water partition coefficient (Wildman–Crippen LogP) is 7.24. The fourth-order valence-electron chi connectivity index (χ4n) is 5.13. The molecule has 0 aliphatic carbocycles. The summed E-state index contributed by atoms with van der Waals surface area (Å²) in [7, 11) is 0. The maximum atomic E-state index is 13.6. The van der Waals surface area contributed by atoms with Crippen molar-refractivity contribution in [2.75, 3.05) is 16.8 Å². The maximum Gasteiger partial charge on any atom is 0.258 e. The third-order valence-corrected chi connectivity index (χ3v) is 7.10. The molecule has 4 aromatic carbocycles. The zero-order chi connectivity index (χ0) is 26.9. The number of carbonyl (C=O) groups excluding carboxylic acids is 2. The van der Waals surface area contributed by atoms with Gasteiger partial charge in [0, 0.05) is 35.3 Å². The number of para-hydroxylation sites is 1. The quantitative estimate of drug-likeness (QED) is 0.248. The van der Waals surface area contributed by atoms with Crippen LogP contribution in [-0.2, 0) is 6.42 Å². The van der Waals surface area contributed by atoms with Crippen LogP contribution in [0.25, 0.3) is 22.4 Å². The molecule has 0 fully saturated rings. The predicted molar refractivity (Wildman–Crippen MR) is 162 cm³/mol. The van der Waals surface area contributed by atoms with E-state index in [1.54, 1.807) is 24.3 Å². The van der Waals surface area contributed by atoms with Crippen LogP contribution in [0.5, 0.6) is 0 Å². The Morgan fingerprint density at radius 3 is 2.25 bits per heavy atom. The lowest BCUT2D eigenvalue weighted by Gasteiger charge is -2.23. The van der Waals surface area contributed by atoms with Crippen LogP contribution < -0.4 is 10.2 Å². The third-order valence-electron chi connectivity index (χ3n) is 7.10. The number of hydrogen-bond acceptors (Lipinski definition) is 3. The Balaban J connectivity index is 0.00000323. The third kappa shape index (κ3) is 5.14. The second kappa shape index (κ2) is 11.2. The Bertz CT molecular complexity index is 1690. The second-order valence-corrected chi connectivity index (χ2v) is 9.81. The van der Waals surface area contributed by atoms with Gasteiger partial charge in [-0.15, -0.1) is 12.4 Å². The summed E-state index contributed by atoms with van der Waals surface area (Å²) in [6.07, 6.45) is 0.661. The number of amides is 2. The molecule has 0 unspecified atom stereocenters. The standard InChI is InChI=1S/C33H28N4O2.ClH/c1-21-11-13-23(14-12-21)26-7-3-4-8-27(26)32(38)36-25-17-15-24(16-18-25)33(39)37-20-19-29-31(35-22(2)34-29)28-9-5-6-10-30(28)37;/h3-18H,19-20H2,1-2H3,(H,34,35)(H,36,38);1H. The Labute approximate surface area is 239 Å². The highest BCUT2D eigenvalue weighted by molar-refractivity contribution is 6.10. The first kappa shape index (κ1) is 26.9. The zero-order valence-corrected chi connectivity index (χ0v) is 23.1. The molecule has 6 rings (SSSR count). The van der Waals surface area contributed by atoms with E-state index in [-0.39, 0.29) is 24.2 Å². The van der Waals surface area contributed by atoms with E-state index >= 15 is 0 Å². The van der Waals surface area contributed by atoms with E-state index in [0.29, 0.717) is 29.8 Å². The van der Waals surface area contributed by atoms with Crippen molar-refractivity contribution in [1.29, 1.82) is 0 Å². The Kier molecular flexibility index (Phi) is 7.54. The maximum absolute atomic E-state index is 13.6. The van der Waals surface area contributed by atoms with E-state index in [0.717, 1.165) is 39.6 Å². The van der Waals surface area contributed by atoms with Crippen LogP contribution >= 0.6 is 12.4 Å². The van der Waals surface area contributed by atoms with Crippen molar-refractivity contribution in [2.24, 2.45) is 0 Å². The van der Waals surface area contributed by atoms with Gasteiger partial charge in [-0.3, -0.25) is 9.59 Å². The van der Waals surface area contributed by atoms with Gasteiger partial charge in [0.15, 0.2) is 0 Å². The number of nitrogens with zero attached hydrogens (tertiary/aromatic N) is 2. The van der Waals surface area contributed by atoms with Gasteiger partial charge >= 0.3 is 0 Å². The van der Waals surface area contributed by atoms with Crippen molar-refractivity contribution in [2.45, 2.75) is 20.3 Å². The van der Waals surface area contributed by atoms with Crippen molar-refractivity contribution in [3.05, 3.63) is 125 Å². The minimum atomic E-state index is -0.198. The van der Waals surface area contributed by atoms with Gasteiger partial charge in [-0.25, -0.2) is 4.98 Å². The fraction of sp³-hybridized carbons (Fsp3) is 0.121. The number of hydrogen-bond donors (Lipinski definition) is 2. The van der Waals surface area contributed by atoms with Crippen molar-refractivity contribution in [1.82, 2.24) is 9.97 Å². The molecule has 0 spiro atoms. The molecule has 200 valence electrons. The Morgan fingerprint density at radius 2 is 1.50 bits per heavy atom. The minimum Gasteiger partial charge on any atom is -0.342 e. The van der Waals surface area contributed by atoms with Crippen LogP contribution in [0, 0.1) is 13.8 Å². The number of imidazole rings is 1. The molecular weight excluding hydrogens is 520 g/mol. The lowest BCUT2D eigenvalue weighted by molar-refractivity contribution is 0.0986. The smallest absolute Gasteiger partial charge is 0.258 e. The number of aromatic amines is 1. The number of rotatable bonds is 4. The average Bonchev–Trinajstić information content (AvgIpc) is 3.27. The van der Waals surface area contributed by atoms with Gasteiger partial charge in [-0.05, 0) is 61.4 Å². The fourth-order valence-corrected chi connectivity index (χ4v) is 5.13. The molecule has 2 amide bonds. The lowest BCUT2D eigenvalue weighted by Crippen LogP contribution is -2.32. The molecule has 7 heteroatoms. The molecule has 0 saturated carbocycles. The van der Waals surface area contributed by atoms with Crippen LogP contribution in [0.3, 0.4) is 0 Å². The summed E-state index contributed by atoms with van der Waals surface area (Å²) in [6.45, 7) is 4.51. The van der Waals surface area contributed by atoms with E-state index in [2.05, 4.69) is 15.3 Å². The van der Waals surface area contributed by atoms with Crippen molar-refractivity contribution in [3.63, 3.8) is 0 Å². The van der Waals surface area contributed by atoms with Crippen LogP contribution in [0.4, 0.5) is 11.4 Å². The first-order valence-corrected chi connectivity index (χ1v) is 13.0. The van der Waals surface area contributed by atoms with Gasteiger partial charge in [-0.1, -0.05) is 66.2 Å². The number of aromatic nitrogens is 2. The lowest BCUT2D eigenvalue weighted by atomic mass is 9.98. The van der Waals surface area contributed by atoms with Crippen LogP contribution in [0.2, 0.25) is 0 Å². The largest absolute Gasteiger partial charge is 0.342 e. The number of fused-ring (bicyclic) bond motifs is 3. The minimum absolute atomic E-state index is 0. The second-order valence-electron chi connectivity index (χ2n) is 9.81. The van der Waals surface area contributed by atoms with Crippen molar-refractivity contribution >= 4 is 35.6 Å². The number of carbonyl (C=O) groups is 2. The number of anilines is 2. The van der Waals surface area contributed by atoms with E-state index in [1.165, 1.54) is 5.56 Å². The van der Waals surface area contributed by atoms with E-state index in [9.17, 15) is 9.59 Å². The van der Waals surface area contributed by atoms with Crippen LogP contribution in [-0.4, -0.2) is 28.3 Å². The molecule has 2 heterocycles. The van der Waals surface area contributed by atoms with Crippen molar-refractivity contribution < 1.29 is 9.59 Å². The summed E-state index contributed by atoms with van der Waals surface area (Å²) in [6, 6.07) is 30.7. The summed E-state index contributed by atoms with van der Waals surface area (Å²) in [5.74, 6) is 0.580. The molecule has 0 atom stereocenters. The molecule has 6 nitrogen and oxygen atoms in total. The number of aryl methyl sites for hydroxylation is 2. The molecule has 1 aliphatic rings. The summed E-state index contributed by atoms with van der Waals surface area (Å²) in [5.41, 5.74) is 8.57. The molecule has 1 aliphatic heterocycles. The number of halogens is 1. The molecule has 2 N–H and O–H groups in total.